The number of aryl methyl sites for hydroxylation is 1. The molecular formula is C25H36N2O5. The number of likely N-dealkylation sites (tertiary alicyclic amines) is 2. The number of piperidine rings is 1. The highest BCUT2D eigenvalue weighted by molar-refractivity contribution is 5.81. The Bertz CT molecular complexity index is 879. The molecule has 0 aromatic heterocycles. The van der Waals surface area contributed by atoms with Crippen molar-refractivity contribution >= 4 is 12.1 Å². The molecule has 1 aliphatic carbocycles. The van der Waals surface area contributed by atoms with E-state index >= 15 is 0 Å². The quantitative estimate of drug-likeness (QED) is 0.727. The van der Waals surface area contributed by atoms with Crippen LogP contribution in [0.25, 0.3) is 0 Å². The Kier molecular flexibility index (Phi) is 5.90. The number of carbonyl (C=O) groups is 2. The molecule has 2 aliphatic heterocycles. The summed E-state index contributed by atoms with van der Waals surface area (Å²) in [5.41, 5.74) is 0.641. The van der Waals surface area contributed by atoms with Gasteiger partial charge in [-0.15, -0.1) is 0 Å². The lowest BCUT2D eigenvalue weighted by Crippen LogP contribution is -2.53. The van der Waals surface area contributed by atoms with E-state index in [2.05, 4.69) is 17.0 Å². The fourth-order valence-corrected chi connectivity index (χ4v) is 5.02. The Balaban J connectivity index is 1.45. The first-order valence-corrected chi connectivity index (χ1v) is 11.8. The Morgan fingerprint density at radius 3 is 2.34 bits per heavy atom. The lowest BCUT2D eigenvalue weighted by atomic mass is 9.84. The van der Waals surface area contributed by atoms with E-state index < -0.39 is 17.2 Å². The normalized spacial score (nSPS) is 22.1. The average molecular weight is 445 g/mol. The van der Waals surface area contributed by atoms with Crippen LogP contribution in [0.4, 0.5) is 4.79 Å². The number of aliphatic carboxylic acids is 1. The maximum Gasteiger partial charge on any atom is 0.410 e. The minimum atomic E-state index is -1.05. The Labute approximate surface area is 190 Å². The molecule has 2 heterocycles. The molecule has 1 spiro atoms. The van der Waals surface area contributed by atoms with Crippen molar-refractivity contribution in [1.82, 2.24) is 9.80 Å². The van der Waals surface area contributed by atoms with E-state index in [4.69, 9.17) is 9.47 Å². The Morgan fingerprint density at radius 2 is 1.75 bits per heavy atom. The topological polar surface area (TPSA) is 79.3 Å². The maximum absolute atomic E-state index is 12.5. The number of carbonyl (C=O) groups excluding carboxylic acids is 1. The Hall–Kier alpha value is -2.28. The minimum Gasteiger partial charge on any atom is -0.478 e. The highest BCUT2D eigenvalue weighted by Gasteiger charge is 2.54. The average Bonchev–Trinajstić information content (AvgIpc) is 3.40. The van der Waals surface area contributed by atoms with E-state index in [0.29, 0.717) is 31.7 Å². The minimum absolute atomic E-state index is 0.0741. The van der Waals surface area contributed by atoms with Gasteiger partial charge in [-0.25, -0.2) is 9.59 Å². The van der Waals surface area contributed by atoms with Crippen LogP contribution < -0.4 is 4.74 Å². The summed E-state index contributed by atoms with van der Waals surface area (Å²) in [5.74, 6) is -0.185. The number of carboxylic acid groups (broad SMARTS) is 1. The van der Waals surface area contributed by atoms with Crippen LogP contribution in [0.2, 0.25) is 0 Å². The molecule has 2 saturated heterocycles. The van der Waals surface area contributed by atoms with Crippen molar-refractivity contribution < 1.29 is 24.2 Å². The number of ether oxygens (including phenoxy) is 2. The van der Waals surface area contributed by atoms with Crippen LogP contribution in [0.15, 0.2) is 18.2 Å². The SMILES string of the molecule is Cc1ccc(CN2CCCC23CCN(C(=O)OC(C)(C)C)CC3)c(OC2(C(=O)O)CC2)c1. The van der Waals surface area contributed by atoms with Gasteiger partial charge in [0.25, 0.3) is 0 Å². The molecule has 7 heteroatoms. The molecule has 3 aliphatic rings. The third-order valence-corrected chi connectivity index (χ3v) is 7.07. The van der Waals surface area contributed by atoms with E-state index in [1.807, 2.05) is 38.7 Å². The third-order valence-electron chi connectivity index (χ3n) is 7.07. The summed E-state index contributed by atoms with van der Waals surface area (Å²) in [6.45, 7) is 10.8. The predicted molar refractivity (Wildman–Crippen MR) is 121 cm³/mol. The first-order chi connectivity index (χ1) is 15.0. The van der Waals surface area contributed by atoms with Crippen molar-refractivity contribution in [3.05, 3.63) is 29.3 Å². The van der Waals surface area contributed by atoms with Gasteiger partial charge in [-0.3, -0.25) is 4.90 Å². The number of hydrogen-bond donors (Lipinski definition) is 1. The third kappa shape index (κ3) is 4.72. The van der Waals surface area contributed by atoms with Crippen LogP contribution in [0.5, 0.6) is 5.75 Å². The van der Waals surface area contributed by atoms with Gasteiger partial charge in [-0.05, 0) is 71.6 Å². The number of amides is 1. The highest BCUT2D eigenvalue weighted by atomic mass is 16.6. The van der Waals surface area contributed by atoms with Gasteiger partial charge in [0.1, 0.15) is 11.4 Å². The highest BCUT2D eigenvalue weighted by Crippen LogP contribution is 2.44. The first-order valence-electron chi connectivity index (χ1n) is 11.8. The molecule has 4 rings (SSSR count). The molecule has 1 N–H and O–H groups in total. The van der Waals surface area contributed by atoms with E-state index in [9.17, 15) is 14.7 Å². The fourth-order valence-electron chi connectivity index (χ4n) is 5.02. The van der Waals surface area contributed by atoms with Crippen LogP contribution in [-0.2, 0) is 16.1 Å². The summed E-state index contributed by atoms with van der Waals surface area (Å²) in [5, 5.41) is 9.57. The van der Waals surface area contributed by atoms with Crippen molar-refractivity contribution in [2.75, 3.05) is 19.6 Å². The molecule has 0 atom stereocenters. The largest absolute Gasteiger partial charge is 0.478 e. The maximum atomic E-state index is 12.5. The monoisotopic (exact) mass is 444 g/mol. The van der Waals surface area contributed by atoms with Crippen molar-refractivity contribution in [2.24, 2.45) is 0 Å². The molecule has 32 heavy (non-hydrogen) atoms. The zero-order valence-corrected chi connectivity index (χ0v) is 19.8. The van der Waals surface area contributed by atoms with Gasteiger partial charge in [0.2, 0.25) is 5.60 Å². The van der Waals surface area contributed by atoms with Crippen molar-refractivity contribution in [3.8, 4) is 5.75 Å². The number of carboxylic acids is 1. The molecule has 7 nitrogen and oxygen atoms in total. The van der Waals surface area contributed by atoms with Gasteiger partial charge in [0, 0.05) is 43.6 Å². The van der Waals surface area contributed by atoms with E-state index in [1.54, 1.807) is 0 Å². The zero-order chi connectivity index (χ0) is 23.1. The van der Waals surface area contributed by atoms with E-state index in [-0.39, 0.29) is 11.6 Å². The Morgan fingerprint density at radius 1 is 1.06 bits per heavy atom. The van der Waals surface area contributed by atoms with Crippen molar-refractivity contribution in [2.45, 2.75) is 89.5 Å². The number of nitrogens with zero attached hydrogens (tertiary/aromatic N) is 2. The molecule has 3 fully saturated rings. The second-order valence-corrected chi connectivity index (χ2v) is 10.7. The summed E-state index contributed by atoms with van der Waals surface area (Å²) in [7, 11) is 0. The lowest BCUT2D eigenvalue weighted by molar-refractivity contribution is -0.147. The van der Waals surface area contributed by atoms with Crippen molar-refractivity contribution in [1.29, 1.82) is 0 Å². The summed E-state index contributed by atoms with van der Waals surface area (Å²) in [6.07, 6.45) is 4.99. The van der Waals surface area contributed by atoms with Crippen LogP contribution in [0.3, 0.4) is 0 Å². The molecule has 0 radical (unpaired) electrons. The standard InChI is InChI=1S/C25H36N2O5/c1-18-6-7-19(20(16-18)31-25(9-10-25)21(28)29)17-27-13-5-8-24(27)11-14-26(15-12-24)22(30)32-23(2,3)4/h6-7,16H,5,8-15,17H2,1-4H3,(H,28,29). The van der Waals surface area contributed by atoms with Gasteiger partial charge in [0.05, 0.1) is 0 Å². The molecular weight excluding hydrogens is 408 g/mol. The summed E-state index contributed by atoms with van der Waals surface area (Å²) < 4.78 is 11.6. The molecule has 1 amide bonds. The van der Waals surface area contributed by atoms with Crippen molar-refractivity contribution in [3.63, 3.8) is 0 Å². The van der Waals surface area contributed by atoms with E-state index in [1.165, 1.54) is 0 Å². The van der Waals surface area contributed by atoms with Gasteiger partial charge < -0.3 is 19.5 Å². The van der Waals surface area contributed by atoms with Gasteiger partial charge in [-0.2, -0.15) is 0 Å². The second kappa shape index (κ2) is 8.25. The number of hydrogen-bond acceptors (Lipinski definition) is 5. The fraction of sp³-hybridized carbons (Fsp3) is 0.680. The summed E-state index contributed by atoms with van der Waals surface area (Å²) >= 11 is 0. The molecule has 1 saturated carbocycles. The number of rotatable bonds is 5. The molecule has 0 bridgehead atoms. The number of benzene rings is 1. The second-order valence-electron chi connectivity index (χ2n) is 10.7. The van der Waals surface area contributed by atoms with Gasteiger partial charge >= 0.3 is 12.1 Å². The first kappa shape index (κ1) is 22.9. The molecule has 1 aromatic rings. The predicted octanol–water partition coefficient (Wildman–Crippen LogP) is 4.36. The molecule has 0 unspecified atom stereocenters. The summed E-state index contributed by atoms with van der Waals surface area (Å²) in [6, 6.07) is 6.10. The van der Waals surface area contributed by atoms with Crippen LogP contribution in [0.1, 0.15) is 70.4 Å². The molecule has 1 aromatic carbocycles. The van der Waals surface area contributed by atoms with Crippen LogP contribution in [0, 0.1) is 6.92 Å². The van der Waals surface area contributed by atoms with E-state index in [0.717, 1.165) is 49.9 Å². The lowest BCUT2D eigenvalue weighted by Gasteiger charge is -2.45. The smallest absolute Gasteiger partial charge is 0.410 e. The van der Waals surface area contributed by atoms with Crippen LogP contribution >= 0.6 is 0 Å². The van der Waals surface area contributed by atoms with Crippen LogP contribution in [-0.4, -0.2) is 63.3 Å². The van der Waals surface area contributed by atoms with Gasteiger partial charge in [0.15, 0.2) is 0 Å². The molecule has 176 valence electrons. The van der Waals surface area contributed by atoms with Gasteiger partial charge in [-0.1, -0.05) is 12.1 Å². The summed E-state index contributed by atoms with van der Waals surface area (Å²) in [4.78, 5) is 28.5. The zero-order valence-electron chi connectivity index (χ0n) is 19.8.